The van der Waals surface area contributed by atoms with E-state index in [9.17, 15) is 0 Å². The zero-order chi connectivity index (χ0) is 9.97. The molecule has 1 aliphatic heterocycles. The fraction of sp³-hybridized carbons (Fsp3) is 0.556. The van der Waals surface area contributed by atoms with Crippen LogP contribution >= 0.6 is 11.6 Å². The summed E-state index contributed by atoms with van der Waals surface area (Å²) in [6.45, 7) is 0.807. The van der Waals surface area contributed by atoms with Gasteiger partial charge in [0.25, 0.3) is 0 Å². The number of hydrogen-bond acceptors (Lipinski definition) is 4. The Kier molecular flexibility index (Phi) is 2.84. The Balaban J connectivity index is 2.27. The monoisotopic (exact) mass is 213 g/mol. The smallest absolute Gasteiger partial charge is 0.224 e. The van der Waals surface area contributed by atoms with Gasteiger partial charge in [0.2, 0.25) is 5.28 Å². The number of halogens is 1. The second-order valence-electron chi connectivity index (χ2n) is 3.20. The van der Waals surface area contributed by atoms with E-state index >= 15 is 0 Å². The maximum atomic E-state index is 5.79. The average Bonchev–Trinajstić information content (AvgIpc) is 2.69. The van der Waals surface area contributed by atoms with Gasteiger partial charge in [-0.25, -0.2) is 9.97 Å². The van der Waals surface area contributed by atoms with Crippen molar-refractivity contribution in [3.05, 3.63) is 17.0 Å². The van der Waals surface area contributed by atoms with Crippen LogP contribution in [-0.4, -0.2) is 23.6 Å². The van der Waals surface area contributed by atoms with Crippen molar-refractivity contribution in [2.24, 2.45) is 0 Å². The lowest BCUT2D eigenvalue weighted by atomic mass is 10.2. The number of rotatable bonds is 2. The predicted molar refractivity (Wildman–Crippen MR) is 54.5 cm³/mol. The molecule has 4 nitrogen and oxygen atoms in total. The van der Waals surface area contributed by atoms with E-state index in [-0.39, 0.29) is 11.4 Å². The highest BCUT2D eigenvalue weighted by atomic mass is 35.5. The molecule has 0 bridgehead atoms. The van der Waals surface area contributed by atoms with Crippen molar-refractivity contribution in [3.63, 3.8) is 0 Å². The topological polar surface area (TPSA) is 47.0 Å². The first-order valence-corrected chi connectivity index (χ1v) is 5.01. The third-order valence-corrected chi connectivity index (χ3v) is 2.40. The maximum Gasteiger partial charge on any atom is 0.224 e. The molecule has 76 valence electrons. The van der Waals surface area contributed by atoms with Crippen molar-refractivity contribution in [2.75, 3.05) is 19.0 Å². The van der Waals surface area contributed by atoms with Crippen molar-refractivity contribution < 1.29 is 4.74 Å². The SMILES string of the molecule is CNc1cc(C2CCCO2)nc(Cl)n1. The van der Waals surface area contributed by atoms with Crippen molar-refractivity contribution in [3.8, 4) is 0 Å². The van der Waals surface area contributed by atoms with Crippen LogP contribution in [0.1, 0.15) is 24.6 Å². The van der Waals surface area contributed by atoms with Crippen LogP contribution in [0.25, 0.3) is 0 Å². The van der Waals surface area contributed by atoms with Crippen LogP contribution in [0.5, 0.6) is 0 Å². The van der Waals surface area contributed by atoms with Gasteiger partial charge >= 0.3 is 0 Å². The molecule has 1 aromatic rings. The van der Waals surface area contributed by atoms with Crippen LogP contribution in [-0.2, 0) is 4.74 Å². The second kappa shape index (κ2) is 4.11. The summed E-state index contributed by atoms with van der Waals surface area (Å²) in [7, 11) is 1.80. The average molecular weight is 214 g/mol. The highest BCUT2D eigenvalue weighted by Gasteiger charge is 2.20. The first kappa shape index (κ1) is 9.68. The van der Waals surface area contributed by atoms with E-state index in [4.69, 9.17) is 16.3 Å². The fourth-order valence-electron chi connectivity index (χ4n) is 1.54. The number of anilines is 1. The Hall–Kier alpha value is -0.870. The van der Waals surface area contributed by atoms with Crippen molar-refractivity contribution in [2.45, 2.75) is 18.9 Å². The van der Waals surface area contributed by atoms with Crippen LogP contribution in [0.2, 0.25) is 5.28 Å². The predicted octanol–water partition coefficient (Wildman–Crippen LogP) is 2.02. The number of nitrogens with zero attached hydrogens (tertiary/aromatic N) is 2. The molecule has 0 saturated carbocycles. The Morgan fingerprint density at radius 3 is 3.07 bits per heavy atom. The molecular formula is C9H12ClN3O. The highest BCUT2D eigenvalue weighted by molar-refractivity contribution is 6.28. The Morgan fingerprint density at radius 2 is 2.43 bits per heavy atom. The van der Waals surface area contributed by atoms with Gasteiger partial charge in [0, 0.05) is 19.7 Å². The van der Waals surface area contributed by atoms with Crippen molar-refractivity contribution in [1.29, 1.82) is 0 Å². The number of ether oxygens (including phenoxy) is 1. The fourth-order valence-corrected chi connectivity index (χ4v) is 1.73. The van der Waals surface area contributed by atoms with Gasteiger partial charge in [-0.15, -0.1) is 0 Å². The van der Waals surface area contributed by atoms with Crippen LogP contribution < -0.4 is 5.32 Å². The van der Waals surface area contributed by atoms with E-state index in [1.54, 1.807) is 7.05 Å². The van der Waals surface area contributed by atoms with Gasteiger partial charge in [0.15, 0.2) is 0 Å². The van der Waals surface area contributed by atoms with E-state index in [1.807, 2.05) is 6.07 Å². The van der Waals surface area contributed by atoms with Crippen molar-refractivity contribution in [1.82, 2.24) is 9.97 Å². The standard InChI is InChI=1S/C9H12ClN3O/c1-11-8-5-6(12-9(10)13-8)7-3-2-4-14-7/h5,7H,2-4H2,1H3,(H,11,12,13). The lowest BCUT2D eigenvalue weighted by Gasteiger charge is -2.09. The van der Waals surface area contributed by atoms with Crippen LogP contribution in [0.15, 0.2) is 6.07 Å². The van der Waals surface area contributed by atoms with Crippen LogP contribution in [0.3, 0.4) is 0 Å². The van der Waals surface area contributed by atoms with Gasteiger partial charge in [0.1, 0.15) is 5.82 Å². The summed E-state index contributed by atoms with van der Waals surface area (Å²) >= 11 is 5.79. The summed E-state index contributed by atoms with van der Waals surface area (Å²) < 4.78 is 5.52. The van der Waals surface area contributed by atoms with Gasteiger partial charge in [0.05, 0.1) is 11.8 Å². The third-order valence-electron chi connectivity index (χ3n) is 2.23. The number of aromatic nitrogens is 2. The van der Waals surface area contributed by atoms with Gasteiger partial charge in [-0.05, 0) is 24.4 Å². The third kappa shape index (κ3) is 1.96. The summed E-state index contributed by atoms with van der Waals surface area (Å²) in [4.78, 5) is 8.16. The van der Waals surface area contributed by atoms with Gasteiger partial charge in [-0.3, -0.25) is 0 Å². The minimum Gasteiger partial charge on any atom is -0.373 e. The molecule has 1 fully saturated rings. The molecule has 0 amide bonds. The molecule has 5 heteroatoms. The lowest BCUT2D eigenvalue weighted by Crippen LogP contribution is -2.03. The van der Waals surface area contributed by atoms with E-state index < -0.39 is 0 Å². The molecule has 2 heterocycles. The highest BCUT2D eigenvalue weighted by Crippen LogP contribution is 2.28. The maximum absolute atomic E-state index is 5.79. The van der Waals surface area contributed by atoms with E-state index in [0.29, 0.717) is 0 Å². The summed E-state index contributed by atoms with van der Waals surface area (Å²) in [6.07, 6.45) is 2.18. The molecule has 1 atom stereocenters. The molecular weight excluding hydrogens is 202 g/mol. The number of nitrogens with one attached hydrogen (secondary N) is 1. The molecule has 0 radical (unpaired) electrons. The van der Waals surface area contributed by atoms with E-state index in [2.05, 4.69) is 15.3 Å². The Labute approximate surface area is 87.7 Å². The summed E-state index contributed by atoms with van der Waals surface area (Å²) in [5.41, 5.74) is 0.867. The molecule has 1 N–H and O–H groups in total. The van der Waals surface area contributed by atoms with Crippen LogP contribution in [0, 0.1) is 0 Å². The molecule has 1 saturated heterocycles. The van der Waals surface area contributed by atoms with E-state index in [1.165, 1.54) is 0 Å². The first-order valence-electron chi connectivity index (χ1n) is 4.63. The molecule has 0 aromatic carbocycles. The van der Waals surface area contributed by atoms with E-state index in [0.717, 1.165) is 31.0 Å². The minimum atomic E-state index is 0.0857. The molecule has 2 rings (SSSR count). The molecule has 1 unspecified atom stereocenters. The number of hydrogen-bond donors (Lipinski definition) is 1. The van der Waals surface area contributed by atoms with Crippen molar-refractivity contribution >= 4 is 17.4 Å². The summed E-state index contributed by atoms with van der Waals surface area (Å²) in [5, 5.41) is 3.21. The summed E-state index contributed by atoms with van der Waals surface area (Å²) in [6, 6.07) is 1.88. The minimum absolute atomic E-state index is 0.0857. The molecule has 0 aliphatic carbocycles. The quantitative estimate of drug-likeness (QED) is 0.764. The van der Waals surface area contributed by atoms with Crippen LogP contribution in [0.4, 0.5) is 5.82 Å². The molecule has 0 spiro atoms. The second-order valence-corrected chi connectivity index (χ2v) is 3.54. The zero-order valence-electron chi connectivity index (χ0n) is 7.96. The van der Waals surface area contributed by atoms with Gasteiger partial charge in [-0.2, -0.15) is 0 Å². The largest absolute Gasteiger partial charge is 0.373 e. The zero-order valence-corrected chi connectivity index (χ0v) is 8.71. The Morgan fingerprint density at radius 1 is 1.57 bits per heavy atom. The molecule has 14 heavy (non-hydrogen) atoms. The van der Waals surface area contributed by atoms with Gasteiger partial charge < -0.3 is 10.1 Å². The summed E-state index contributed by atoms with van der Waals surface area (Å²) in [5.74, 6) is 0.732. The normalized spacial score (nSPS) is 21.1. The molecule has 1 aliphatic rings. The first-order chi connectivity index (χ1) is 6.79. The van der Waals surface area contributed by atoms with Gasteiger partial charge in [-0.1, -0.05) is 0 Å². The molecule has 1 aromatic heterocycles. The Bertz CT molecular complexity index is 326. The lowest BCUT2D eigenvalue weighted by molar-refractivity contribution is 0.108.